The lowest BCUT2D eigenvalue weighted by Crippen LogP contribution is -2.33. The largest absolute Gasteiger partial charge is 0.327 e. The number of nitrogens with zero attached hydrogens (tertiary/aromatic N) is 1. The van der Waals surface area contributed by atoms with Crippen molar-refractivity contribution in [3.63, 3.8) is 0 Å². The van der Waals surface area contributed by atoms with E-state index in [0.29, 0.717) is 6.54 Å². The van der Waals surface area contributed by atoms with E-state index in [1.165, 1.54) is 17.0 Å². The quantitative estimate of drug-likeness (QED) is 0.766. The molecule has 0 saturated heterocycles. The second-order valence-corrected chi connectivity index (χ2v) is 4.69. The first-order valence-electron chi connectivity index (χ1n) is 6.09. The van der Waals surface area contributed by atoms with E-state index in [9.17, 15) is 13.6 Å². The summed E-state index contributed by atoms with van der Waals surface area (Å²) >= 11 is 0. The highest BCUT2D eigenvalue weighted by Gasteiger charge is 2.15. The van der Waals surface area contributed by atoms with Crippen molar-refractivity contribution in [2.45, 2.75) is 27.3 Å². The molecule has 0 saturated carbocycles. The maximum atomic E-state index is 13.6. The van der Waals surface area contributed by atoms with Gasteiger partial charge in [-0.1, -0.05) is 25.8 Å². The molecule has 0 spiro atoms. The molecule has 0 radical (unpaired) electrons. The average molecular weight is 265 g/mol. The van der Waals surface area contributed by atoms with E-state index in [-0.39, 0.29) is 23.9 Å². The second-order valence-electron chi connectivity index (χ2n) is 4.69. The summed E-state index contributed by atoms with van der Waals surface area (Å²) in [7, 11) is 0. The number of carbonyl (C=O) groups excluding carboxylic acids is 1. The molecule has 2 nitrogen and oxygen atoms in total. The first kappa shape index (κ1) is 15.2. The minimum atomic E-state index is -0.647. The van der Waals surface area contributed by atoms with Gasteiger partial charge in [0.1, 0.15) is 11.6 Å². The van der Waals surface area contributed by atoms with Crippen LogP contribution < -0.4 is 0 Å². The van der Waals surface area contributed by atoms with Crippen LogP contribution >= 0.6 is 0 Å². The summed E-state index contributed by atoms with van der Waals surface area (Å²) in [6.07, 6.45) is 0. The molecule has 0 aromatic heterocycles. The van der Waals surface area contributed by atoms with Crippen molar-refractivity contribution in [2.24, 2.45) is 5.92 Å². The van der Waals surface area contributed by atoms with Gasteiger partial charge in [0.2, 0.25) is 0 Å². The summed E-state index contributed by atoms with van der Waals surface area (Å²) in [6.45, 7) is 6.06. The SMILES string of the molecule is CC#CC(=O)N(Cc1ccc(F)cc1F)CC(C)C. The Hall–Kier alpha value is -1.89. The van der Waals surface area contributed by atoms with Crippen LogP contribution in [0, 0.1) is 29.4 Å². The van der Waals surface area contributed by atoms with Gasteiger partial charge in [0.25, 0.3) is 5.91 Å². The van der Waals surface area contributed by atoms with Gasteiger partial charge in [-0.2, -0.15) is 0 Å². The molecule has 0 bridgehead atoms. The zero-order valence-electron chi connectivity index (χ0n) is 11.3. The second kappa shape index (κ2) is 6.89. The summed E-state index contributed by atoms with van der Waals surface area (Å²) < 4.78 is 26.4. The first-order valence-corrected chi connectivity index (χ1v) is 6.09. The highest BCUT2D eigenvalue weighted by atomic mass is 19.1. The number of hydrogen-bond acceptors (Lipinski definition) is 1. The van der Waals surface area contributed by atoms with E-state index < -0.39 is 11.6 Å². The van der Waals surface area contributed by atoms with Crippen LogP contribution in [-0.2, 0) is 11.3 Å². The van der Waals surface area contributed by atoms with E-state index in [2.05, 4.69) is 11.8 Å². The molecule has 0 aliphatic carbocycles. The minimum Gasteiger partial charge on any atom is -0.327 e. The van der Waals surface area contributed by atoms with Crippen molar-refractivity contribution < 1.29 is 13.6 Å². The van der Waals surface area contributed by atoms with Gasteiger partial charge in [-0.25, -0.2) is 8.78 Å². The maximum Gasteiger partial charge on any atom is 0.298 e. The van der Waals surface area contributed by atoms with Gasteiger partial charge in [0.05, 0.1) is 0 Å². The molecule has 4 heteroatoms. The summed E-state index contributed by atoms with van der Waals surface area (Å²) in [6, 6.07) is 3.35. The van der Waals surface area contributed by atoms with Crippen LogP contribution in [0.5, 0.6) is 0 Å². The molecule has 1 rings (SSSR count). The summed E-state index contributed by atoms with van der Waals surface area (Å²) in [5.74, 6) is 3.60. The third-order valence-electron chi connectivity index (χ3n) is 2.48. The predicted molar refractivity (Wildman–Crippen MR) is 70.1 cm³/mol. The molecule has 0 fully saturated rings. The summed E-state index contributed by atoms with van der Waals surface area (Å²) in [4.78, 5) is 13.3. The van der Waals surface area contributed by atoms with E-state index in [4.69, 9.17) is 0 Å². The van der Waals surface area contributed by atoms with Crippen LogP contribution in [0.1, 0.15) is 26.3 Å². The molecule has 19 heavy (non-hydrogen) atoms. The molecule has 0 aliphatic heterocycles. The Morgan fingerprint density at radius 3 is 2.58 bits per heavy atom. The Morgan fingerprint density at radius 2 is 2.05 bits per heavy atom. The van der Waals surface area contributed by atoms with Gasteiger partial charge in [-0.3, -0.25) is 4.79 Å². The number of rotatable bonds is 4. The van der Waals surface area contributed by atoms with E-state index >= 15 is 0 Å². The van der Waals surface area contributed by atoms with E-state index in [1.54, 1.807) is 6.92 Å². The Bertz CT molecular complexity index is 515. The first-order chi connectivity index (χ1) is 8.93. The van der Waals surface area contributed by atoms with Crippen molar-refractivity contribution in [3.05, 3.63) is 35.4 Å². The molecule has 0 N–H and O–H groups in total. The third kappa shape index (κ3) is 4.70. The highest BCUT2D eigenvalue weighted by Crippen LogP contribution is 2.13. The smallest absolute Gasteiger partial charge is 0.298 e. The van der Waals surface area contributed by atoms with Crippen LogP contribution in [0.4, 0.5) is 8.78 Å². The van der Waals surface area contributed by atoms with Crippen molar-refractivity contribution >= 4 is 5.91 Å². The highest BCUT2D eigenvalue weighted by molar-refractivity contribution is 5.93. The maximum absolute atomic E-state index is 13.6. The number of hydrogen-bond donors (Lipinski definition) is 0. The monoisotopic (exact) mass is 265 g/mol. The third-order valence-corrected chi connectivity index (χ3v) is 2.48. The Labute approximate surface area is 112 Å². The molecule has 0 atom stereocenters. The van der Waals surface area contributed by atoms with Gasteiger partial charge < -0.3 is 4.90 Å². The molecule has 102 valence electrons. The van der Waals surface area contributed by atoms with Gasteiger partial charge in [-0.15, -0.1) is 0 Å². The predicted octanol–water partition coefficient (Wildman–Crippen LogP) is 2.97. The van der Waals surface area contributed by atoms with E-state index in [1.807, 2.05) is 13.8 Å². The fourth-order valence-electron chi connectivity index (χ4n) is 1.70. The van der Waals surface area contributed by atoms with Crippen LogP contribution in [-0.4, -0.2) is 17.4 Å². The van der Waals surface area contributed by atoms with Gasteiger partial charge in [0.15, 0.2) is 0 Å². The molecule has 0 aliphatic rings. The van der Waals surface area contributed by atoms with Crippen molar-refractivity contribution in [2.75, 3.05) is 6.54 Å². The Balaban J connectivity index is 2.92. The summed E-state index contributed by atoms with van der Waals surface area (Å²) in [5, 5.41) is 0. The van der Waals surface area contributed by atoms with Gasteiger partial charge >= 0.3 is 0 Å². The Morgan fingerprint density at radius 1 is 1.37 bits per heavy atom. The van der Waals surface area contributed by atoms with Crippen molar-refractivity contribution in [3.8, 4) is 11.8 Å². The number of amides is 1. The van der Waals surface area contributed by atoms with Gasteiger partial charge in [-0.05, 0) is 24.8 Å². The minimum absolute atomic E-state index is 0.0950. The molecular weight excluding hydrogens is 248 g/mol. The van der Waals surface area contributed by atoms with Crippen LogP contribution in [0.15, 0.2) is 18.2 Å². The van der Waals surface area contributed by atoms with Crippen LogP contribution in [0.2, 0.25) is 0 Å². The Kier molecular flexibility index (Phi) is 5.50. The molecule has 1 aromatic carbocycles. The molecule has 1 amide bonds. The van der Waals surface area contributed by atoms with Crippen LogP contribution in [0.25, 0.3) is 0 Å². The average Bonchev–Trinajstić information content (AvgIpc) is 2.31. The number of halogens is 2. The standard InChI is InChI=1S/C15H17F2NO/c1-4-5-15(19)18(9-11(2)3)10-12-6-7-13(16)8-14(12)17/h6-8,11H,9-10H2,1-3H3. The van der Waals surface area contributed by atoms with E-state index in [0.717, 1.165) is 6.07 Å². The molecule has 1 aromatic rings. The lowest BCUT2D eigenvalue weighted by atomic mass is 10.1. The fraction of sp³-hybridized carbons (Fsp3) is 0.400. The zero-order valence-corrected chi connectivity index (χ0v) is 11.3. The normalized spacial score (nSPS) is 10.0. The number of benzene rings is 1. The zero-order chi connectivity index (χ0) is 14.4. The molecule has 0 heterocycles. The molecular formula is C15H17F2NO. The van der Waals surface area contributed by atoms with Crippen molar-refractivity contribution in [1.82, 2.24) is 4.90 Å². The van der Waals surface area contributed by atoms with Gasteiger partial charge in [0, 0.05) is 24.7 Å². The number of carbonyl (C=O) groups is 1. The summed E-state index contributed by atoms with van der Waals surface area (Å²) in [5.41, 5.74) is 0.285. The van der Waals surface area contributed by atoms with Crippen LogP contribution in [0.3, 0.4) is 0 Å². The molecule has 0 unspecified atom stereocenters. The van der Waals surface area contributed by atoms with Crippen molar-refractivity contribution in [1.29, 1.82) is 0 Å². The lowest BCUT2D eigenvalue weighted by Gasteiger charge is -2.22. The topological polar surface area (TPSA) is 20.3 Å². The lowest BCUT2D eigenvalue weighted by molar-refractivity contribution is -0.126. The fourth-order valence-corrected chi connectivity index (χ4v) is 1.70.